The van der Waals surface area contributed by atoms with Crippen LogP contribution in [0.3, 0.4) is 0 Å². The molecule has 2 saturated heterocycles. The van der Waals surface area contributed by atoms with Crippen LogP contribution in [0.2, 0.25) is 0 Å². The van der Waals surface area contributed by atoms with Gasteiger partial charge in [-0.05, 0) is 37.1 Å². The minimum absolute atomic E-state index is 0.423. The summed E-state index contributed by atoms with van der Waals surface area (Å²) in [5.41, 5.74) is 0. The van der Waals surface area contributed by atoms with E-state index >= 15 is 0 Å². The molecular weight excluding hydrogens is 176 g/mol. The number of rotatable bonds is 2. The number of nitrogens with zero attached hydrogens (tertiary/aromatic N) is 1. The highest BCUT2D eigenvalue weighted by Crippen LogP contribution is 2.51. The van der Waals surface area contributed by atoms with E-state index in [9.17, 15) is 0 Å². The molecule has 0 aromatic rings. The number of likely N-dealkylation sites (tertiary alicyclic amines) is 1. The number of fused-ring (bicyclic) bond motifs is 1. The Morgan fingerprint density at radius 2 is 2.07 bits per heavy atom. The topological polar surface area (TPSA) is 35.5 Å². The first-order chi connectivity index (χ1) is 6.90. The van der Waals surface area contributed by atoms with Crippen LogP contribution < -0.4 is 5.32 Å². The zero-order valence-corrected chi connectivity index (χ0v) is 8.65. The summed E-state index contributed by atoms with van der Waals surface area (Å²) in [6.07, 6.45) is 2.70. The Kier molecular flexibility index (Phi) is 2.26. The molecule has 3 fully saturated rings. The van der Waals surface area contributed by atoms with Gasteiger partial charge in [0.2, 0.25) is 0 Å². The quantitative estimate of drug-likeness (QED) is 0.648. The molecule has 2 aliphatic heterocycles. The summed E-state index contributed by atoms with van der Waals surface area (Å²) in [6.45, 7) is 5.32. The van der Waals surface area contributed by atoms with Crippen LogP contribution in [0.5, 0.6) is 0 Å². The summed E-state index contributed by atoms with van der Waals surface area (Å²) < 4.78 is 0. The summed E-state index contributed by atoms with van der Waals surface area (Å²) in [5.74, 6) is 2.33. The van der Waals surface area contributed by atoms with E-state index in [1.54, 1.807) is 0 Å². The fraction of sp³-hybridized carbons (Fsp3) is 1.00. The van der Waals surface area contributed by atoms with Crippen molar-refractivity contribution in [2.24, 2.45) is 17.8 Å². The fourth-order valence-electron chi connectivity index (χ4n) is 3.40. The van der Waals surface area contributed by atoms with E-state index in [1.807, 2.05) is 0 Å². The molecule has 2 N–H and O–H groups in total. The number of aliphatic hydroxyl groups excluding tert-OH is 1. The number of piperidine rings is 2. The lowest BCUT2D eigenvalue weighted by Gasteiger charge is -2.33. The van der Waals surface area contributed by atoms with Gasteiger partial charge in [0.1, 0.15) is 0 Å². The van der Waals surface area contributed by atoms with Crippen molar-refractivity contribution >= 4 is 0 Å². The molecule has 1 aliphatic carbocycles. The zero-order chi connectivity index (χ0) is 9.54. The van der Waals surface area contributed by atoms with Crippen molar-refractivity contribution in [1.82, 2.24) is 10.2 Å². The van der Waals surface area contributed by atoms with E-state index in [-0.39, 0.29) is 0 Å². The predicted octanol–water partition coefficient (Wildman–Crippen LogP) is -0.0915. The van der Waals surface area contributed by atoms with Crippen LogP contribution in [0.15, 0.2) is 0 Å². The second kappa shape index (κ2) is 3.47. The summed E-state index contributed by atoms with van der Waals surface area (Å²) in [5, 5.41) is 12.6. The molecule has 0 aromatic heterocycles. The van der Waals surface area contributed by atoms with Crippen LogP contribution in [0.1, 0.15) is 12.8 Å². The molecule has 3 unspecified atom stereocenters. The summed E-state index contributed by atoms with van der Waals surface area (Å²) >= 11 is 0. The van der Waals surface area contributed by atoms with E-state index in [0.717, 1.165) is 17.9 Å². The maximum Gasteiger partial charge on any atom is 0.0465 e. The van der Waals surface area contributed by atoms with Gasteiger partial charge in [-0.2, -0.15) is 0 Å². The largest absolute Gasteiger partial charge is 0.396 e. The second-order valence-electron chi connectivity index (χ2n) is 5.13. The van der Waals surface area contributed by atoms with Crippen molar-refractivity contribution < 1.29 is 5.11 Å². The molecule has 3 atom stereocenters. The van der Waals surface area contributed by atoms with Gasteiger partial charge < -0.3 is 10.4 Å². The van der Waals surface area contributed by atoms with Crippen molar-refractivity contribution in [3.63, 3.8) is 0 Å². The van der Waals surface area contributed by atoms with Gasteiger partial charge in [0.15, 0.2) is 0 Å². The Hall–Kier alpha value is -0.120. The van der Waals surface area contributed by atoms with E-state index in [1.165, 1.54) is 39.0 Å². The molecule has 14 heavy (non-hydrogen) atoms. The molecule has 0 bridgehead atoms. The lowest BCUT2D eigenvalue weighted by molar-refractivity contribution is 0.160. The van der Waals surface area contributed by atoms with Gasteiger partial charge in [-0.1, -0.05) is 0 Å². The molecule has 3 aliphatic rings. The smallest absolute Gasteiger partial charge is 0.0465 e. The SMILES string of the molecule is OCC1C2CN(C3CCCNC3)CC12. The van der Waals surface area contributed by atoms with Gasteiger partial charge in [-0.3, -0.25) is 4.90 Å². The predicted molar refractivity (Wildman–Crippen MR) is 55.0 cm³/mol. The Bertz CT molecular complexity index is 203. The van der Waals surface area contributed by atoms with E-state index in [4.69, 9.17) is 5.11 Å². The molecule has 0 amide bonds. The second-order valence-corrected chi connectivity index (χ2v) is 5.13. The zero-order valence-electron chi connectivity index (χ0n) is 8.65. The first-order valence-corrected chi connectivity index (χ1v) is 5.96. The summed E-state index contributed by atoms with van der Waals surface area (Å²) in [4.78, 5) is 2.65. The highest BCUT2D eigenvalue weighted by molar-refractivity contribution is 5.06. The number of nitrogens with one attached hydrogen (secondary N) is 1. The minimum atomic E-state index is 0.423. The first kappa shape index (κ1) is 9.13. The van der Waals surface area contributed by atoms with Gasteiger partial charge in [-0.25, -0.2) is 0 Å². The van der Waals surface area contributed by atoms with Crippen molar-refractivity contribution in [2.75, 3.05) is 32.8 Å². The van der Waals surface area contributed by atoms with Crippen LogP contribution >= 0.6 is 0 Å². The van der Waals surface area contributed by atoms with Crippen LogP contribution in [0, 0.1) is 17.8 Å². The Balaban J connectivity index is 1.53. The van der Waals surface area contributed by atoms with Crippen LogP contribution in [-0.2, 0) is 0 Å². The van der Waals surface area contributed by atoms with E-state index in [2.05, 4.69) is 10.2 Å². The monoisotopic (exact) mass is 196 g/mol. The van der Waals surface area contributed by atoms with Gasteiger partial charge >= 0.3 is 0 Å². The normalized spacial score (nSPS) is 47.8. The Morgan fingerprint density at radius 1 is 1.29 bits per heavy atom. The average Bonchev–Trinajstić information content (AvgIpc) is 2.72. The highest BCUT2D eigenvalue weighted by Gasteiger charge is 2.55. The molecule has 0 spiro atoms. The molecule has 0 aromatic carbocycles. The third kappa shape index (κ3) is 1.38. The van der Waals surface area contributed by atoms with Crippen molar-refractivity contribution in [1.29, 1.82) is 0 Å². The minimum Gasteiger partial charge on any atom is -0.396 e. The lowest BCUT2D eigenvalue weighted by Crippen LogP contribution is -2.46. The lowest BCUT2D eigenvalue weighted by atomic mass is 10.1. The standard InChI is InChI=1S/C11H20N2O/c14-7-11-9-5-13(6-10(9)11)8-2-1-3-12-4-8/h8-12,14H,1-7H2. The van der Waals surface area contributed by atoms with Crippen LogP contribution in [0.4, 0.5) is 0 Å². The number of hydrogen-bond acceptors (Lipinski definition) is 3. The molecule has 1 saturated carbocycles. The maximum atomic E-state index is 9.08. The molecule has 3 nitrogen and oxygen atoms in total. The number of aliphatic hydroxyl groups is 1. The molecule has 2 heterocycles. The third-order valence-corrected chi connectivity index (χ3v) is 4.40. The molecule has 3 heteroatoms. The number of hydrogen-bond donors (Lipinski definition) is 2. The maximum absolute atomic E-state index is 9.08. The fourth-order valence-corrected chi connectivity index (χ4v) is 3.40. The van der Waals surface area contributed by atoms with Crippen LogP contribution in [-0.4, -0.2) is 48.8 Å². The van der Waals surface area contributed by atoms with Crippen molar-refractivity contribution in [2.45, 2.75) is 18.9 Å². The Labute approximate surface area is 85.5 Å². The summed E-state index contributed by atoms with van der Waals surface area (Å²) in [6, 6.07) is 0.788. The van der Waals surface area contributed by atoms with Gasteiger partial charge in [0, 0.05) is 32.3 Å². The van der Waals surface area contributed by atoms with Gasteiger partial charge in [-0.15, -0.1) is 0 Å². The van der Waals surface area contributed by atoms with E-state index in [0.29, 0.717) is 12.5 Å². The average molecular weight is 196 g/mol. The van der Waals surface area contributed by atoms with Crippen molar-refractivity contribution in [3.05, 3.63) is 0 Å². The van der Waals surface area contributed by atoms with Gasteiger partial charge in [0.05, 0.1) is 0 Å². The first-order valence-electron chi connectivity index (χ1n) is 5.96. The third-order valence-electron chi connectivity index (χ3n) is 4.40. The molecule has 0 radical (unpaired) electrons. The highest BCUT2D eigenvalue weighted by atomic mass is 16.3. The summed E-state index contributed by atoms with van der Waals surface area (Å²) in [7, 11) is 0. The van der Waals surface area contributed by atoms with Crippen molar-refractivity contribution in [3.8, 4) is 0 Å². The molecule has 80 valence electrons. The van der Waals surface area contributed by atoms with Gasteiger partial charge in [0.25, 0.3) is 0 Å². The molecule has 3 rings (SSSR count). The molecular formula is C11H20N2O. The Morgan fingerprint density at radius 3 is 2.64 bits per heavy atom. The van der Waals surface area contributed by atoms with Crippen LogP contribution in [0.25, 0.3) is 0 Å². The van der Waals surface area contributed by atoms with E-state index < -0.39 is 0 Å².